The molecule has 1 unspecified atom stereocenters. The summed E-state index contributed by atoms with van der Waals surface area (Å²) < 4.78 is 5.66. The molecule has 1 aromatic carbocycles. The van der Waals surface area contributed by atoms with Gasteiger partial charge in [-0.2, -0.15) is 0 Å². The predicted octanol–water partition coefficient (Wildman–Crippen LogP) is 2.88. The van der Waals surface area contributed by atoms with Crippen LogP contribution >= 0.6 is 0 Å². The number of furan rings is 1. The molecule has 0 aliphatic rings. The van der Waals surface area contributed by atoms with Gasteiger partial charge in [-0.3, -0.25) is 10.8 Å². The summed E-state index contributed by atoms with van der Waals surface area (Å²) in [7, 11) is 0. The van der Waals surface area contributed by atoms with E-state index in [1.54, 1.807) is 0 Å². The molecule has 0 spiro atoms. The number of benzene rings is 1. The van der Waals surface area contributed by atoms with Crippen molar-refractivity contribution in [2.45, 2.75) is 19.4 Å². The number of para-hydroxylation sites is 1. The van der Waals surface area contributed by atoms with E-state index in [0.29, 0.717) is 0 Å². The van der Waals surface area contributed by atoms with Crippen molar-refractivity contribution in [1.29, 1.82) is 0 Å². The minimum absolute atomic E-state index is 0.0468. The van der Waals surface area contributed by atoms with Crippen LogP contribution < -0.4 is 11.3 Å². The maximum Gasteiger partial charge on any atom is 0.122 e. The van der Waals surface area contributed by atoms with Crippen molar-refractivity contribution in [2.75, 3.05) is 0 Å². The quantitative estimate of drug-likeness (QED) is 0.563. The van der Waals surface area contributed by atoms with Crippen LogP contribution in [0.1, 0.15) is 23.1 Å². The largest absolute Gasteiger partial charge is 0.465 e. The van der Waals surface area contributed by atoms with Gasteiger partial charge in [0.15, 0.2) is 0 Å². The summed E-state index contributed by atoms with van der Waals surface area (Å²) in [6.07, 6.45) is 2.59. The molecule has 20 heavy (non-hydrogen) atoms. The molecule has 0 saturated heterocycles. The fourth-order valence-electron chi connectivity index (χ4n) is 2.44. The number of hydrogen-bond donors (Lipinski definition) is 2. The molecule has 0 amide bonds. The zero-order valence-corrected chi connectivity index (χ0v) is 11.3. The average Bonchev–Trinajstić information content (AvgIpc) is 2.91. The van der Waals surface area contributed by atoms with Gasteiger partial charge < -0.3 is 4.42 Å². The molecule has 1 atom stereocenters. The summed E-state index contributed by atoms with van der Waals surface area (Å²) in [4.78, 5) is 4.38. The third kappa shape index (κ3) is 2.43. The first-order valence-corrected chi connectivity index (χ1v) is 6.63. The molecule has 0 radical (unpaired) electrons. The SMILES string of the molecule is Cc1ccc(C(Cc2ccnc3ccccc23)NN)o1. The van der Waals surface area contributed by atoms with E-state index in [2.05, 4.69) is 16.5 Å². The van der Waals surface area contributed by atoms with Gasteiger partial charge in [0, 0.05) is 11.6 Å². The van der Waals surface area contributed by atoms with Crippen molar-refractivity contribution < 1.29 is 4.42 Å². The minimum Gasteiger partial charge on any atom is -0.465 e. The first-order chi connectivity index (χ1) is 9.78. The van der Waals surface area contributed by atoms with Gasteiger partial charge in [0.05, 0.1) is 11.6 Å². The van der Waals surface area contributed by atoms with Crippen LogP contribution in [0.15, 0.2) is 53.1 Å². The van der Waals surface area contributed by atoms with Gasteiger partial charge in [-0.05, 0) is 43.2 Å². The smallest absolute Gasteiger partial charge is 0.122 e. The molecule has 0 fully saturated rings. The van der Waals surface area contributed by atoms with Crippen LogP contribution in [0.4, 0.5) is 0 Å². The van der Waals surface area contributed by atoms with Crippen LogP contribution in [-0.4, -0.2) is 4.98 Å². The van der Waals surface area contributed by atoms with Crippen LogP contribution in [0.5, 0.6) is 0 Å². The van der Waals surface area contributed by atoms with E-state index in [9.17, 15) is 0 Å². The Kier molecular flexibility index (Phi) is 3.50. The fourth-order valence-corrected chi connectivity index (χ4v) is 2.44. The van der Waals surface area contributed by atoms with Gasteiger partial charge in [-0.25, -0.2) is 5.43 Å². The van der Waals surface area contributed by atoms with Gasteiger partial charge in [0.1, 0.15) is 11.5 Å². The third-order valence-electron chi connectivity index (χ3n) is 3.47. The Labute approximate surface area is 117 Å². The molecule has 0 bridgehead atoms. The zero-order valence-electron chi connectivity index (χ0n) is 11.3. The molecule has 3 rings (SSSR count). The number of fused-ring (bicyclic) bond motifs is 1. The van der Waals surface area contributed by atoms with Crippen molar-refractivity contribution >= 4 is 10.9 Å². The Balaban J connectivity index is 1.95. The molecular weight excluding hydrogens is 250 g/mol. The highest BCUT2D eigenvalue weighted by atomic mass is 16.3. The third-order valence-corrected chi connectivity index (χ3v) is 3.47. The number of rotatable bonds is 4. The van der Waals surface area contributed by atoms with E-state index in [1.165, 1.54) is 5.56 Å². The van der Waals surface area contributed by atoms with Crippen molar-refractivity contribution in [3.63, 3.8) is 0 Å². The zero-order chi connectivity index (χ0) is 13.9. The number of nitrogens with zero attached hydrogens (tertiary/aromatic N) is 1. The van der Waals surface area contributed by atoms with E-state index >= 15 is 0 Å². The molecule has 3 N–H and O–H groups in total. The second-order valence-electron chi connectivity index (χ2n) is 4.86. The normalized spacial score (nSPS) is 12.7. The van der Waals surface area contributed by atoms with E-state index in [1.807, 2.05) is 49.5 Å². The number of nitrogens with two attached hydrogens (primary N) is 1. The molecule has 4 heteroatoms. The monoisotopic (exact) mass is 267 g/mol. The average molecular weight is 267 g/mol. The predicted molar refractivity (Wildman–Crippen MR) is 79.0 cm³/mol. The maximum absolute atomic E-state index is 5.68. The lowest BCUT2D eigenvalue weighted by Crippen LogP contribution is -2.29. The summed E-state index contributed by atoms with van der Waals surface area (Å²) >= 11 is 0. The van der Waals surface area contributed by atoms with Crippen molar-refractivity contribution in [2.24, 2.45) is 5.84 Å². The Hall–Kier alpha value is -2.17. The lowest BCUT2D eigenvalue weighted by Gasteiger charge is -2.14. The van der Waals surface area contributed by atoms with Crippen molar-refractivity contribution in [1.82, 2.24) is 10.4 Å². The molecule has 2 heterocycles. The molecule has 0 aliphatic carbocycles. The standard InChI is InChI=1S/C16H17N3O/c1-11-6-7-16(20-11)15(19-17)10-12-8-9-18-14-5-3-2-4-13(12)14/h2-9,15,19H,10,17H2,1H3. The molecule has 4 nitrogen and oxygen atoms in total. The van der Waals surface area contributed by atoms with Crippen LogP contribution in [0, 0.1) is 6.92 Å². The number of nitrogens with one attached hydrogen (secondary N) is 1. The molecule has 102 valence electrons. The van der Waals surface area contributed by atoms with Gasteiger partial charge >= 0.3 is 0 Å². The number of hydrogen-bond acceptors (Lipinski definition) is 4. The van der Waals surface area contributed by atoms with E-state index in [-0.39, 0.29) is 6.04 Å². The second kappa shape index (κ2) is 5.45. The summed E-state index contributed by atoms with van der Waals surface area (Å²) in [5.74, 6) is 7.42. The Morgan fingerprint density at radius 3 is 2.80 bits per heavy atom. The minimum atomic E-state index is -0.0468. The van der Waals surface area contributed by atoms with Crippen LogP contribution in [0.3, 0.4) is 0 Å². The van der Waals surface area contributed by atoms with E-state index in [4.69, 9.17) is 10.3 Å². The Bertz CT molecular complexity index is 715. The van der Waals surface area contributed by atoms with Gasteiger partial charge in [0.2, 0.25) is 0 Å². The summed E-state index contributed by atoms with van der Waals surface area (Å²) in [5, 5.41) is 1.15. The number of hydrazine groups is 1. The summed E-state index contributed by atoms with van der Waals surface area (Å²) in [6.45, 7) is 1.93. The molecule has 2 aromatic heterocycles. The fraction of sp³-hybridized carbons (Fsp3) is 0.188. The molecule has 3 aromatic rings. The molecule has 0 saturated carbocycles. The van der Waals surface area contributed by atoms with Gasteiger partial charge in [-0.1, -0.05) is 18.2 Å². The number of aromatic nitrogens is 1. The molecule has 0 aliphatic heterocycles. The number of pyridine rings is 1. The Morgan fingerprint density at radius 2 is 2.05 bits per heavy atom. The molecular formula is C16H17N3O. The highest BCUT2D eigenvalue weighted by Gasteiger charge is 2.15. The maximum atomic E-state index is 5.68. The van der Waals surface area contributed by atoms with Crippen molar-refractivity contribution in [3.05, 3.63) is 65.7 Å². The van der Waals surface area contributed by atoms with Gasteiger partial charge in [-0.15, -0.1) is 0 Å². The van der Waals surface area contributed by atoms with Crippen LogP contribution in [0.2, 0.25) is 0 Å². The highest BCUT2D eigenvalue weighted by molar-refractivity contribution is 5.81. The van der Waals surface area contributed by atoms with Gasteiger partial charge in [0.25, 0.3) is 0 Å². The lowest BCUT2D eigenvalue weighted by molar-refractivity contribution is 0.403. The highest BCUT2D eigenvalue weighted by Crippen LogP contribution is 2.24. The first kappa shape index (κ1) is 12.8. The van der Waals surface area contributed by atoms with E-state index < -0.39 is 0 Å². The number of aryl methyl sites for hydroxylation is 1. The Morgan fingerprint density at radius 1 is 1.20 bits per heavy atom. The van der Waals surface area contributed by atoms with Crippen LogP contribution in [0.25, 0.3) is 10.9 Å². The van der Waals surface area contributed by atoms with Crippen molar-refractivity contribution in [3.8, 4) is 0 Å². The lowest BCUT2D eigenvalue weighted by atomic mass is 10.0. The topological polar surface area (TPSA) is 64.1 Å². The second-order valence-corrected chi connectivity index (χ2v) is 4.86. The summed E-state index contributed by atoms with van der Waals surface area (Å²) in [6, 6.07) is 14.0. The summed E-state index contributed by atoms with van der Waals surface area (Å²) in [5.41, 5.74) is 5.03. The van der Waals surface area contributed by atoms with E-state index in [0.717, 1.165) is 28.8 Å². The first-order valence-electron chi connectivity index (χ1n) is 6.63. The van der Waals surface area contributed by atoms with Crippen LogP contribution in [-0.2, 0) is 6.42 Å².